The van der Waals surface area contributed by atoms with E-state index in [2.05, 4.69) is 0 Å². The molecule has 0 amide bonds. The molecule has 0 heterocycles. The molecule has 0 bridgehead atoms. The van der Waals surface area contributed by atoms with Crippen LogP contribution in [0.2, 0.25) is 0 Å². The van der Waals surface area contributed by atoms with Gasteiger partial charge in [0.25, 0.3) is 0 Å². The molecule has 1 aromatic rings. The minimum Gasteiger partial charge on any atom is -0.480 e. The quantitative estimate of drug-likeness (QED) is 0.794. The minimum absolute atomic E-state index is 0.559. The van der Waals surface area contributed by atoms with Crippen molar-refractivity contribution in [2.75, 3.05) is 14.1 Å². The van der Waals surface area contributed by atoms with Crippen molar-refractivity contribution < 1.29 is 9.90 Å². The van der Waals surface area contributed by atoms with Gasteiger partial charge in [-0.25, -0.2) is 0 Å². The van der Waals surface area contributed by atoms with Crippen LogP contribution in [0.1, 0.15) is 17.2 Å². The average Bonchev–Trinajstić information content (AvgIpc) is 2.07. The lowest BCUT2D eigenvalue weighted by Gasteiger charge is -2.21. The van der Waals surface area contributed by atoms with E-state index < -0.39 is 12.0 Å². The maximum Gasteiger partial charge on any atom is 0.325 e. The molecule has 0 aliphatic rings. The monoisotopic (exact) mass is 193 g/mol. The Hall–Kier alpha value is -1.35. The molecule has 0 saturated carbocycles. The number of carboxylic acids is 1. The Labute approximate surface area is 84.0 Å². The Morgan fingerprint density at radius 2 is 1.93 bits per heavy atom. The van der Waals surface area contributed by atoms with Crippen LogP contribution in [0, 0.1) is 6.92 Å². The van der Waals surface area contributed by atoms with E-state index in [4.69, 9.17) is 5.11 Å². The number of likely N-dealkylation sites (N-methyl/N-ethyl adjacent to an activating group) is 1. The van der Waals surface area contributed by atoms with E-state index in [9.17, 15) is 4.79 Å². The molecule has 1 rings (SSSR count). The summed E-state index contributed by atoms with van der Waals surface area (Å²) < 4.78 is 0. The molecule has 1 aromatic carbocycles. The second kappa shape index (κ2) is 4.24. The van der Waals surface area contributed by atoms with Gasteiger partial charge in [-0.2, -0.15) is 0 Å². The van der Waals surface area contributed by atoms with E-state index in [1.165, 1.54) is 0 Å². The van der Waals surface area contributed by atoms with Crippen molar-refractivity contribution in [1.82, 2.24) is 4.90 Å². The normalized spacial score (nSPS) is 12.9. The number of aliphatic carboxylic acids is 1. The summed E-state index contributed by atoms with van der Waals surface area (Å²) in [6.45, 7) is 1.93. The molecular formula is C11H15NO2. The second-order valence-electron chi connectivity index (χ2n) is 3.56. The van der Waals surface area contributed by atoms with Crippen LogP contribution in [0.4, 0.5) is 0 Å². The number of benzene rings is 1. The van der Waals surface area contributed by atoms with E-state index in [1.54, 1.807) is 19.0 Å². The summed E-state index contributed by atoms with van der Waals surface area (Å²) >= 11 is 0. The highest BCUT2D eigenvalue weighted by atomic mass is 16.4. The van der Waals surface area contributed by atoms with Gasteiger partial charge in [-0.3, -0.25) is 9.69 Å². The number of nitrogens with zero attached hydrogens (tertiary/aromatic N) is 1. The van der Waals surface area contributed by atoms with Gasteiger partial charge in [0.2, 0.25) is 0 Å². The van der Waals surface area contributed by atoms with Crippen LogP contribution < -0.4 is 0 Å². The lowest BCUT2D eigenvalue weighted by molar-refractivity contribution is -0.142. The molecule has 1 N–H and O–H groups in total. The molecule has 0 aromatic heterocycles. The summed E-state index contributed by atoms with van der Waals surface area (Å²) in [7, 11) is 3.54. The van der Waals surface area contributed by atoms with Crippen LogP contribution in [-0.4, -0.2) is 30.1 Å². The zero-order valence-electron chi connectivity index (χ0n) is 8.69. The van der Waals surface area contributed by atoms with Crippen molar-refractivity contribution in [2.45, 2.75) is 13.0 Å². The smallest absolute Gasteiger partial charge is 0.325 e. The predicted octanol–water partition coefficient (Wildman–Crippen LogP) is 1.68. The van der Waals surface area contributed by atoms with Gasteiger partial charge in [0, 0.05) is 0 Å². The second-order valence-corrected chi connectivity index (χ2v) is 3.56. The minimum atomic E-state index is -0.815. The molecule has 0 aliphatic carbocycles. The third kappa shape index (κ3) is 2.12. The third-order valence-electron chi connectivity index (χ3n) is 2.23. The number of hydrogen-bond acceptors (Lipinski definition) is 2. The van der Waals surface area contributed by atoms with Crippen molar-refractivity contribution in [3.63, 3.8) is 0 Å². The first-order valence-corrected chi connectivity index (χ1v) is 4.49. The third-order valence-corrected chi connectivity index (χ3v) is 2.23. The Morgan fingerprint density at radius 3 is 2.36 bits per heavy atom. The highest BCUT2D eigenvalue weighted by molar-refractivity contribution is 5.76. The Morgan fingerprint density at radius 1 is 1.36 bits per heavy atom. The van der Waals surface area contributed by atoms with Crippen LogP contribution in [-0.2, 0) is 4.79 Å². The van der Waals surface area contributed by atoms with Crippen molar-refractivity contribution in [2.24, 2.45) is 0 Å². The van der Waals surface area contributed by atoms with Crippen molar-refractivity contribution >= 4 is 5.97 Å². The number of hydrogen-bond donors (Lipinski definition) is 1. The Kier molecular flexibility index (Phi) is 3.25. The molecule has 14 heavy (non-hydrogen) atoms. The maximum absolute atomic E-state index is 11.1. The topological polar surface area (TPSA) is 40.5 Å². The lowest BCUT2D eigenvalue weighted by atomic mass is 10.0. The zero-order valence-corrected chi connectivity index (χ0v) is 8.69. The number of rotatable bonds is 3. The molecule has 0 aliphatic heterocycles. The number of carboxylic acid groups (broad SMARTS) is 1. The first-order valence-electron chi connectivity index (χ1n) is 4.49. The molecule has 1 unspecified atom stereocenters. The lowest BCUT2D eigenvalue weighted by Crippen LogP contribution is -2.27. The van der Waals surface area contributed by atoms with Gasteiger partial charge in [-0.1, -0.05) is 24.3 Å². The molecule has 0 saturated heterocycles. The SMILES string of the molecule is Cc1ccccc1C(C(=O)O)N(C)C. The highest BCUT2D eigenvalue weighted by Gasteiger charge is 2.22. The predicted molar refractivity (Wildman–Crippen MR) is 55.2 cm³/mol. The maximum atomic E-state index is 11.1. The van der Waals surface area contributed by atoms with E-state index >= 15 is 0 Å². The number of aryl methyl sites for hydroxylation is 1. The van der Waals surface area contributed by atoms with E-state index in [1.807, 2.05) is 31.2 Å². The van der Waals surface area contributed by atoms with Crippen LogP contribution in [0.25, 0.3) is 0 Å². The van der Waals surface area contributed by atoms with Crippen LogP contribution >= 0.6 is 0 Å². The highest BCUT2D eigenvalue weighted by Crippen LogP contribution is 2.21. The van der Waals surface area contributed by atoms with Gasteiger partial charge in [0.1, 0.15) is 6.04 Å². The van der Waals surface area contributed by atoms with Gasteiger partial charge < -0.3 is 5.11 Å². The Balaban J connectivity index is 3.12. The summed E-state index contributed by atoms with van der Waals surface area (Å²) in [6.07, 6.45) is 0. The molecule has 76 valence electrons. The standard InChI is InChI=1S/C11H15NO2/c1-8-6-4-5-7-9(8)10(11(13)14)12(2)3/h4-7,10H,1-3H3,(H,13,14). The molecule has 3 nitrogen and oxygen atoms in total. The fraction of sp³-hybridized carbons (Fsp3) is 0.364. The fourth-order valence-corrected chi connectivity index (χ4v) is 1.53. The molecule has 3 heteroatoms. The summed E-state index contributed by atoms with van der Waals surface area (Å²) in [6, 6.07) is 6.99. The summed E-state index contributed by atoms with van der Waals surface area (Å²) in [5.41, 5.74) is 1.86. The van der Waals surface area contributed by atoms with E-state index in [-0.39, 0.29) is 0 Å². The van der Waals surface area contributed by atoms with Gasteiger partial charge in [0.15, 0.2) is 0 Å². The molecule has 1 atom stereocenters. The summed E-state index contributed by atoms with van der Waals surface area (Å²) in [5, 5.41) is 9.08. The van der Waals surface area contributed by atoms with Gasteiger partial charge >= 0.3 is 5.97 Å². The fourth-order valence-electron chi connectivity index (χ4n) is 1.53. The summed E-state index contributed by atoms with van der Waals surface area (Å²) in [5.74, 6) is -0.815. The zero-order chi connectivity index (χ0) is 10.7. The van der Waals surface area contributed by atoms with Crippen molar-refractivity contribution in [3.05, 3.63) is 35.4 Å². The molecule has 0 spiro atoms. The van der Waals surface area contributed by atoms with Gasteiger partial charge in [0.05, 0.1) is 0 Å². The van der Waals surface area contributed by atoms with Crippen molar-refractivity contribution in [1.29, 1.82) is 0 Å². The molecular weight excluding hydrogens is 178 g/mol. The van der Waals surface area contributed by atoms with E-state index in [0.717, 1.165) is 11.1 Å². The van der Waals surface area contributed by atoms with Crippen LogP contribution in [0.5, 0.6) is 0 Å². The van der Waals surface area contributed by atoms with Crippen LogP contribution in [0.3, 0.4) is 0 Å². The van der Waals surface area contributed by atoms with Gasteiger partial charge in [-0.15, -0.1) is 0 Å². The van der Waals surface area contributed by atoms with Crippen LogP contribution in [0.15, 0.2) is 24.3 Å². The summed E-state index contributed by atoms with van der Waals surface area (Å²) in [4.78, 5) is 12.8. The average molecular weight is 193 g/mol. The first kappa shape index (κ1) is 10.7. The Bertz CT molecular complexity index is 334. The first-order chi connectivity index (χ1) is 6.54. The molecule has 0 radical (unpaired) electrons. The van der Waals surface area contributed by atoms with Crippen molar-refractivity contribution in [3.8, 4) is 0 Å². The van der Waals surface area contributed by atoms with Gasteiger partial charge in [-0.05, 0) is 32.1 Å². The van der Waals surface area contributed by atoms with E-state index in [0.29, 0.717) is 0 Å². The number of carbonyl (C=O) groups is 1. The largest absolute Gasteiger partial charge is 0.480 e. The molecule has 0 fully saturated rings.